The molecule has 3 aromatic rings. The first-order valence-electron chi connectivity index (χ1n) is 8.98. The highest BCUT2D eigenvalue weighted by atomic mass is 16.5. The van der Waals surface area contributed by atoms with Gasteiger partial charge in [-0.1, -0.05) is 18.2 Å². The summed E-state index contributed by atoms with van der Waals surface area (Å²) < 4.78 is 11.5. The van der Waals surface area contributed by atoms with Crippen LogP contribution in [-0.4, -0.2) is 18.1 Å². The summed E-state index contributed by atoms with van der Waals surface area (Å²) in [5.74, 6) is 1.36. The molecule has 2 aromatic heterocycles. The van der Waals surface area contributed by atoms with E-state index in [2.05, 4.69) is 16.2 Å². The molecule has 130 valence electrons. The maximum atomic E-state index is 7.25. The van der Waals surface area contributed by atoms with Crippen molar-refractivity contribution >= 4 is 16.7 Å². The molecular formula is C21H19N3O2. The van der Waals surface area contributed by atoms with Crippen LogP contribution >= 0.6 is 0 Å². The third kappa shape index (κ3) is 2.38. The predicted octanol–water partition coefficient (Wildman–Crippen LogP) is 4.21. The van der Waals surface area contributed by atoms with Gasteiger partial charge < -0.3 is 14.5 Å². The normalized spacial score (nSPS) is 24.0. The van der Waals surface area contributed by atoms with Gasteiger partial charge in [-0.05, 0) is 44.0 Å². The first-order chi connectivity index (χ1) is 12.8. The largest absolute Gasteiger partial charge is 0.473 e. The van der Waals surface area contributed by atoms with E-state index in [1.165, 1.54) is 6.42 Å². The highest BCUT2D eigenvalue weighted by molar-refractivity contribution is 5.92. The number of fused-ring (bicyclic) bond motifs is 2. The molecule has 0 amide bonds. The van der Waals surface area contributed by atoms with Gasteiger partial charge in [0.05, 0.1) is 18.5 Å². The van der Waals surface area contributed by atoms with Crippen LogP contribution in [0.3, 0.4) is 0 Å². The van der Waals surface area contributed by atoms with Crippen molar-refractivity contribution in [3.63, 3.8) is 0 Å². The molecule has 2 aliphatic rings. The third-order valence-corrected chi connectivity index (χ3v) is 5.78. The fourth-order valence-electron chi connectivity index (χ4n) is 4.22. The first kappa shape index (κ1) is 15.4. The topological polar surface area (TPSA) is 51.6 Å². The molecule has 1 aromatic carbocycles. The summed E-state index contributed by atoms with van der Waals surface area (Å²) in [6, 6.07) is 11.6. The van der Waals surface area contributed by atoms with E-state index in [-0.39, 0.29) is 5.41 Å². The molecule has 5 heteroatoms. The molecule has 5 rings (SSSR count). The molecule has 2 atom stereocenters. The third-order valence-electron chi connectivity index (χ3n) is 5.78. The lowest BCUT2D eigenvalue weighted by Gasteiger charge is -2.22. The number of benzene rings is 1. The minimum absolute atomic E-state index is 0.260. The van der Waals surface area contributed by atoms with Crippen molar-refractivity contribution in [2.24, 2.45) is 5.92 Å². The lowest BCUT2D eigenvalue weighted by Crippen LogP contribution is -2.31. The number of hydrogen-bond acceptors (Lipinski definition) is 4. The molecule has 0 radical (unpaired) electrons. The van der Waals surface area contributed by atoms with E-state index in [0.29, 0.717) is 29.7 Å². The first-order valence-corrected chi connectivity index (χ1v) is 8.98. The van der Waals surface area contributed by atoms with Crippen molar-refractivity contribution in [1.29, 1.82) is 0 Å². The van der Waals surface area contributed by atoms with Crippen LogP contribution in [0.4, 0.5) is 5.69 Å². The van der Waals surface area contributed by atoms with Crippen LogP contribution in [-0.2, 0) is 12.0 Å². The average molecular weight is 345 g/mol. The standard InChI is InChI=1S/C21H19N3O2/c1-22-17-6-5-14(20-16(17)7-10-25-20)13-26-19-4-2-3-18(24-19)21-8-9-23-12-15(21)11-21/h2-7,10,15,23H,8-9,11-13H2. The Kier molecular flexibility index (Phi) is 3.47. The van der Waals surface area contributed by atoms with Gasteiger partial charge in [0.25, 0.3) is 0 Å². The summed E-state index contributed by atoms with van der Waals surface area (Å²) in [4.78, 5) is 8.33. The second-order valence-electron chi connectivity index (χ2n) is 7.18. The lowest BCUT2D eigenvalue weighted by atomic mass is 9.92. The Balaban J connectivity index is 1.38. The molecule has 26 heavy (non-hydrogen) atoms. The Morgan fingerprint density at radius 3 is 3.15 bits per heavy atom. The molecule has 5 nitrogen and oxygen atoms in total. The number of rotatable bonds is 4. The Hall–Kier alpha value is -2.84. The number of piperidine rings is 1. The quantitative estimate of drug-likeness (QED) is 0.720. The van der Waals surface area contributed by atoms with E-state index < -0.39 is 0 Å². The molecule has 1 N–H and O–H groups in total. The van der Waals surface area contributed by atoms with E-state index in [4.69, 9.17) is 20.7 Å². The van der Waals surface area contributed by atoms with Gasteiger partial charge in [-0.15, -0.1) is 0 Å². The number of nitrogens with zero attached hydrogens (tertiary/aromatic N) is 2. The van der Waals surface area contributed by atoms with Crippen LogP contribution < -0.4 is 10.1 Å². The van der Waals surface area contributed by atoms with Crippen LogP contribution in [0.5, 0.6) is 5.88 Å². The Labute approximate surface area is 151 Å². The molecule has 1 aliphatic carbocycles. The average Bonchev–Trinajstić information content (AvgIpc) is 3.25. The van der Waals surface area contributed by atoms with E-state index in [1.807, 2.05) is 30.3 Å². The molecule has 3 heterocycles. The van der Waals surface area contributed by atoms with Crippen molar-refractivity contribution in [1.82, 2.24) is 10.3 Å². The summed E-state index contributed by atoms with van der Waals surface area (Å²) in [6.07, 6.45) is 3.99. The zero-order chi connectivity index (χ0) is 17.6. The van der Waals surface area contributed by atoms with E-state index in [1.54, 1.807) is 6.26 Å². The van der Waals surface area contributed by atoms with E-state index >= 15 is 0 Å². The Bertz CT molecular complexity index is 1020. The van der Waals surface area contributed by atoms with Crippen LogP contribution in [0.25, 0.3) is 15.8 Å². The molecule has 0 bridgehead atoms. The predicted molar refractivity (Wildman–Crippen MR) is 98.3 cm³/mol. The Morgan fingerprint density at radius 1 is 1.31 bits per heavy atom. The zero-order valence-corrected chi connectivity index (χ0v) is 14.4. The van der Waals surface area contributed by atoms with Gasteiger partial charge in [-0.25, -0.2) is 9.83 Å². The van der Waals surface area contributed by atoms with Crippen LogP contribution in [0.15, 0.2) is 47.1 Å². The van der Waals surface area contributed by atoms with Crippen molar-refractivity contribution in [3.05, 3.63) is 65.3 Å². The van der Waals surface area contributed by atoms with Gasteiger partial charge in [0.2, 0.25) is 5.88 Å². The number of ether oxygens (including phenoxy) is 1. The van der Waals surface area contributed by atoms with Gasteiger partial charge in [0, 0.05) is 22.4 Å². The van der Waals surface area contributed by atoms with E-state index in [0.717, 1.165) is 36.2 Å². The summed E-state index contributed by atoms with van der Waals surface area (Å²) in [7, 11) is 0. The fourth-order valence-corrected chi connectivity index (χ4v) is 4.22. The van der Waals surface area contributed by atoms with Gasteiger partial charge in [0.15, 0.2) is 5.69 Å². The molecule has 1 saturated carbocycles. The monoisotopic (exact) mass is 345 g/mol. The van der Waals surface area contributed by atoms with E-state index in [9.17, 15) is 0 Å². The molecule has 2 unspecified atom stereocenters. The van der Waals surface area contributed by atoms with Crippen LogP contribution in [0.1, 0.15) is 24.1 Å². The molecule has 2 fully saturated rings. The van der Waals surface area contributed by atoms with Crippen molar-refractivity contribution in [3.8, 4) is 5.88 Å². The number of aromatic nitrogens is 1. The SMILES string of the molecule is [C-]#[N+]c1ccc(COc2cccc(C34CCNCC3C4)n2)c2occc12. The van der Waals surface area contributed by atoms with Crippen molar-refractivity contribution < 1.29 is 9.15 Å². The Morgan fingerprint density at radius 2 is 2.27 bits per heavy atom. The zero-order valence-electron chi connectivity index (χ0n) is 14.4. The maximum Gasteiger partial charge on any atom is 0.213 e. The second-order valence-corrected chi connectivity index (χ2v) is 7.18. The summed E-state index contributed by atoms with van der Waals surface area (Å²) in [6.45, 7) is 9.78. The lowest BCUT2D eigenvalue weighted by molar-refractivity contribution is 0.291. The molecular weight excluding hydrogens is 326 g/mol. The summed E-state index contributed by atoms with van der Waals surface area (Å²) in [5.41, 5.74) is 3.66. The number of nitrogens with one attached hydrogen (secondary N) is 1. The highest BCUT2D eigenvalue weighted by Gasteiger charge is 2.57. The van der Waals surface area contributed by atoms with Gasteiger partial charge in [-0.3, -0.25) is 0 Å². The van der Waals surface area contributed by atoms with Gasteiger partial charge >= 0.3 is 0 Å². The van der Waals surface area contributed by atoms with Crippen LogP contribution in [0.2, 0.25) is 0 Å². The smallest absolute Gasteiger partial charge is 0.213 e. The van der Waals surface area contributed by atoms with Crippen molar-refractivity contribution in [2.45, 2.75) is 24.9 Å². The second kappa shape index (κ2) is 5.86. The van der Waals surface area contributed by atoms with Gasteiger partial charge in [-0.2, -0.15) is 0 Å². The molecule has 0 spiro atoms. The van der Waals surface area contributed by atoms with Crippen LogP contribution in [0, 0.1) is 12.5 Å². The minimum Gasteiger partial charge on any atom is -0.473 e. The minimum atomic E-state index is 0.260. The highest BCUT2D eigenvalue weighted by Crippen LogP contribution is 2.57. The fraction of sp³-hybridized carbons (Fsp3) is 0.333. The summed E-state index contributed by atoms with van der Waals surface area (Å²) in [5, 5.41) is 4.30. The maximum absolute atomic E-state index is 7.25. The number of furan rings is 1. The number of hydrogen-bond donors (Lipinski definition) is 1. The molecule has 1 saturated heterocycles. The van der Waals surface area contributed by atoms with Crippen molar-refractivity contribution in [2.75, 3.05) is 13.1 Å². The number of pyridine rings is 1. The summed E-state index contributed by atoms with van der Waals surface area (Å²) >= 11 is 0. The molecule has 1 aliphatic heterocycles. The van der Waals surface area contributed by atoms with Gasteiger partial charge in [0.1, 0.15) is 12.2 Å².